The van der Waals surface area contributed by atoms with Crippen LogP contribution >= 0.6 is 35.3 Å². The second kappa shape index (κ2) is 8.56. The summed E-state index contributed by atoms with van der Waals surface area (Å²) in [5, 5.41) is 12.3. The van der Waals surface area contributed by atoms with E-state index in [1.165, 1.54) is 0 Å². The molecule has 0 spiro atoms. The number of nitrogens with zero attached hydrogens (tertiary/aromatic N) is 3. The van der Waals surface area contributed by atoms with Crippen LogP contribution in [0.3, 0.4) is 0 Å². The molecule has 1 amide bonds. The Bertz CT molecular complexity index is 941. The van der Waals surface area contributed by atoms with Crippen molar-refractivity contribution in [1.82, 2.24) is 25.4 Å². The molecule has 2 atom stereocenters. The standard InChI is InChI=1S/C18H20ClN5OS.ClH/c1-24-10-11(7-22-24)13-8-20-9-14(13)18(25)21-5-4-17-23-15-6-12(19)2-3-16(15)26-17;/h2-3,6-7,10,13-14,20H,4-5,8-9H2,1H3,(H,21,25);1H/t13-,14+;/m1./s1. The minimum Gasteiger partial charge on any atom is -0.355 e. The largest absolute Gasteiger partial charge is 0.355 e. The lowest BCUT2D eigenvalue weighted by atomic mass is 9.90. The first-order valence-electron chi connectivity index (χ1n) is 8.62. The number of amides is 1. The van der Waals surface area contributed by atoms with E-state index < -0.39 is 0 Å². The molecule has 0 aliphatic carbocycles. The smallest absolute Gasteiger partial charge is 0.225 e. The monoisotopic (exact) mass is 425 g/mol. The summed E-state index contributed by atoms with van der Waals surface area (Å²) in [4.78, 5) is 17.2. The molecule has 1 saturated heterocycles. The van der Waals surface area contributed by atoms with Crippen LogP contribution in [0.4, 0.5) is 0 Å². The summed E-state index contributed by atoms with van der Waals surface area (Å²) in [7, 11) is 1.89. The number of nitrogens with one attached hydrogen (secondary N) is 2. The Morgan fingerprint density at radius 2 is 2.30 bits per heavy atom. The Labute approximate surface area is 172 Å². The lowest BCUT2D eigenvalue weighted by Gasteiger charge is -2.16. The molecule has 3 heterocycles. The Balaban J connectivity index is 0.00000210. The van der Waals surface area contributed by atoms with Gasteiger partial charge in [-0.1, -0.05) is 11.6 Å². The van der Waals surface area contributed by atoms with Gasteiger partial charge >= 0.3 is 0 Å². The topological polar surface area (TPSA) is 71.8 Å². The van der Waals surface area contributed by atoms with Crippen molar-refractivity contribution < 1.29 is 4.79 Å². The third-order valence-corrected chi connectivity index (χ3v) is 6.07. The summed E-state index contributed by atoms with van der Waals surface area (Å²) in [6.07, 6.45) is 4.56. The third-order valence-electron chi connectivity index (χ3n) is 4.74. The second-order valence-corrected chi connectivity index (χ2v) is 8.13. The first kappa shape index (κ1) is 20.1. The van der Waals surface area contributed by atoms with Crippen LogP contribution < -0.4 is 10.6 Å². The normalized spacial score (nSPS) is 19.2. The van der Waals surface area contributed by atoms with Crippen molar-refractivity contribution in [1.29, 1.82) is 0 Å². The molecule has 2 N–H and O–H groups in total. The van der Waals surface area contributed by atoms with E-state index in [0.717, 1.165) is 33.8 Å². The van der Waals surface area contributed by atoms with E-state index in [1.54, 1.807) is 16.0 Å². The van der Waals surface area contributed by atoms with Gasteiger partial charge in [0, 0.05) is 50.2 Å². The van der Waals surface area contributed by atoms with E-state index in [2.05, 4.69) is 20.7 Å². The van der Waals surface area contributed by atoms with Crippen LogP contribution in [0.25, 0.3) is 10.2 Å². The average molecular weight is 426 g/mol. The number of aryl methyl sites for hydroxylation is 1. The van der Waals surface area contributed by atoms with Crippen LogP contribution in [0.5, 0.6) is 0 Å². The molecule has 1 fully saturated rings. The van der Waals surface area contributed by atoms with Crippen molar-refractivity contribution in [2.24, 2.45) is 13.0 Å². The lowest BCUT2D eigenvalue weighted by Crippen LogP contribution is -2.35. The molecule has 0 radical (unpaired) electrons. The van der Waals surface area contributed by atoms with E-state index in [4.69, 9.17) is 11.6 Å². The number of rotatable bonds is 5. The molecule has 3 aromatic rings. The van der Waals surface area contributed by atoms with E-state index in [0.29, 0.717) is 18.1 Å². The fourth-order valence-electron chi connectivity index (χ4n) is 3.42. The number of carbonyl (C=O) groups excluding carboxylic acids is 1. The maximum atomic E-state index is 12.6. The number of hydrogen-bond acceptors (Lipinski definition) is 5. The minimum atomic E-state index is -0.0617. The van der Waals surface area contributed by atoms with Crippen molar-refractivity contribution in [3.8, 4) is 0 Å². The fourth-order valence-corrected chi connectivity index (χ4v) is 4.53. The molecule has 144 valence electrons. The van der Waals surface area contributed by atoms with Crippen LogP contribution in [0, 0.1) is 5.92 Å². The van der Waals surface area contributed by atoms with Gasteiger partial charge in [0.1, 0.15) is 0 Å². The van der Waals surface area contributed by atoms with E-state index >= 15 is 0 Å². The van der Waals surface area contributed by atoms with Crippen LogP contribution in [-0.4, -0.2) is 40.3 Å². The molecule has 1 aliphatic heterocycles. The predicted octanol–water partition coefficient (Wildman–Crippen LogP) is 2.77. The summed E-state index contributed by atoms with van der Waals surface area (Å²) >= 11 is 7.65. The van der Waals surface area contributed by atoms with Crippen molar-refractivity contribution in [3.05, 3.63) is 46.2 Å². The Morgan fingerprint density at radius 1 is 1.44 bits per heavy atom. The van der Waals surface area contributed by atoms with Crippen molar-refractivity contribution >= 4 is 51.5 Å². The average Bonchev–Trinajstić information content (AvgIpc) is 3.32. The van der Waals surface area contributed by atoms with Crippen LogP contribution in [-0.2, 0) is 18.3 Å². The van der Waals surface area contributed by atoms with E-state index in [-0.39, 0.29) is 30.2 Å². The van der Waals surface area contributed by atoms with Gasteiger partial charge in [-0.2, -0.15) is 5.10 Å². The highest BCUT2D eigenvalue weighted by molar-refractivity contribution is 7.18. The zero-order chi connectivity index (χ0) is 18.1. The van der Waals surface area contributed by atoms with E-state index in [1.807, 2.05) is 37.6 Å². The van der Waals surface area contributed by atoms with Gasteiger partial charge in [-0.05, 0) is 23.8 Å². The van der Waals surface area contributed by atoms with Gasteiger partial charge in [0.2, 0.25) is 5.91 Å². The molecule has 0 saturated carbocycles. The van der Waals surface area contributed by atoms with Gasteiger partial charge in [-0.3, -0.25) is 9.48 Å². The first-order chi connectivity index (χ1) is 12.6. The van der Waals surface area contributed by atoms with Gasteiger partial charge in [0.15, 0.2) is 0 Å². The van der Waals surface area contributed by atoms with Gasteiger partial charge in [-0.25, -0.2) is 4.98 Å². The van der Waals surface area contributed by atoms with Gasteiger partial charge < -0.3 is 10.6 Å². The Hall–Kier alpha value is -1.67. The lowest BCUT2D eigenvalue weighted by molar-refractivity contribution is -0.124. The van der Waals surface area contributed by atoms with Crippen molar-refractivity contribution in [2.75, 3.05) is 19.6 Å². The molecular weight excluding hydrogens is 405 g/mol. The summed E-state index contributed by atoms with van der Waals surface area (Å²) in [6, 6.07) is 5.73. The molecule has 2 aromatic heterocycles. The number of fused-ring (bicyclic) bond motifs is 1. The van der Waals surface area contributed by atoms with Crippen LogP contribution in [0.1, 0.15) is 16.5 Å². The molecule has 0 bridgehead atoms. The molecule has 6 nitrogen and oxygen atoms in total. The zero-order valence-corrected chi connectivity index (χ0v) is 17.2. The number of halogens is 2. The number of thiazole rings is 1. The van der Waals surface area contributed by atoms with Crippen molar-refractivity contribution in [2.45, 2.75) is 12.3 Å². The van der Waals surface area contributed by atoms with E-state index in [9.17, 15) is 4.79 Å². The maximum absolute atomic E-state index is 12.6. The predicted molar refractivity (Wildman–Crippen MR) is 111 cm³/mol. The minimum absolute atomic E-state index is 0. The van der Waals surface area contributed by atoms with Crippen LogP contribution in [0.2, 0.25) is 5.02 Å². The van der Waals surface area contributed by atoms with Gasteiger partial charge in [0.05, 0.1) is 27.3 Å². The number of benzene rings is 1. The van der Waals surface area contributed by atoms with Gasteiger partial charge in [-0.15, -0.1) is 23.7 Å². The highest BCUT2D eigenvalue weighted by Gasteiger charge is 2.34. The number of carbonyl (C=O) groups is 1. The zero-order valence-electron chi connectivity index (χ0n) is 14.8. The summed E-state index contributed by atoms with van der Waals surface area (Å²) in [5.74, 6) is 0.203. The molecule has 9 heteroatoms. The fraction of sp³-hybridized carbons (Fsp3) is 0.389. The SMILES string of the molecule is Cl.Cn1cc([C@H]2CNC[C@@H]2C(=O)NCCc2nc3cc(Cl)ccc3s2)cn1. The molecule has 0 unspecified atom stereocenters. The molecule has 1 aromatic carbocycles. The first-order valence-corrected chi connectivity index (χ1v) is 9.81. The highest BCUT2D eigenvalue weighted by Crippen LogP contribution is 2.28. The highest BCUT2D eigenvalue weighted by atomic mass is 35.5. The molecule has 27 heavy (non-hydrogen) atoms. The quantitative estimate of drug-likeness (QED) is 0.658. The Kier molecular flexibility index (Phi) is 6.37. The summed E-state index contributed by atoms with van der Waals surface area (Å²) in [5.41, 5.74) is 2.03. The summed E-state index contributed by atoms with van der Waals surface area (Å²) < 4.78 is 2.90. The molecule has 1 aliphatic rings. The second-order valence-electron chi connectivity index (χ2n) is 6.58. The van der Waals surface area contributed by atoms with Crippen LogP contribution in [0.15, 0.2) is 30.6 Å². The molecular formula is C18H21Cl2N5OS. The van der Waals surface area contributed by atoms with Gasteiger partial charge in [0.25, 0.3) is 0 Å². The van der Waals surface area contributed by atoms with Crippen molar-refractivity contribution in [3.63, 3.8) is 0 Å². The molecule has 4 rings (SSSR count). The Morgan fingerprint density at radius 3 is 3.07 bits per heavy atom. The summed E-state index contributed by atoms with van der Waals surface area (Å²) in [6.45, 7) is 2.09. The third kappa shape index (κ3) is 4.43. The maximum Gasteiger partial charge on any atom is 0.225 e. The number of hydrogen-bond donors (Lipinski definition) is 2. The number of aromatic nitrogens is 3.